The molecule has 1 aromatic carbocycles. The first-order valence-corrected chi connectivity index (χ1v) is 12.4. The van der Waals surface area contributed by atoms with E-state index in [1.165, 1.54) is 49.7 Å². The van der Waals surface area contributed by atoms with Crippen LogP contribution in [-0.2, 0) is 19.5 Å². The molecule has 0 aromatic heterocycles. The predicted molar refractivity (Wildman–Crippen MR) is 128 cm³/mol. The summed E-state index contributed by atoms with van der Waals surface area (Å²) in [4.78, 5) is 0. The first-order chi connectivity index (χ1) is 14.8. The van der Waals surface area contributed by atoms with E-state index in [-0.39, 0.29) is 23.4 Å². The molecule has 1 aliphatic heterocycles. The minimum atomic E-state index is -0.439. The number of hydrogen-bond acceptors (Lipinski definition) is 4. The average Bonchev–Trinajstić information content (AvgIpc) is 2.84. The smallest absolute Gasteiger partial charge is 0.468 e. The summed E-state index contributed by atoms with van der Waals surface area (Å²) in [7, 11) is 1.25. The minimum Gasteiger partial charge on any atom is -0.468 e. The third-order valence-corrected chi connectivity index (χ3v) is 9.29. The molecule has 1 aromatic rings. The van der Waals surface area contributed by atoms with Gasteiger partial charge in [0.05, 0.1) is 11.2 Å². The second kappa shape index (κ2) is 6.99. The molecule has 4 aliphatic carbocycles. The van der Waals surface area contributed by atoms with Crippen LogP contribution in [0.3, 0.4) is 0 Å². The van der Waals surface area contributed by atoms with Crippen molar-refractivity contribution in [1.82, 2.24) is 0 Å². The molecule has 0 spiro atoms. The molecule has 0 unspecified atom stereocenters. The fourth-order valence-electron chi connectivity index (χ4n) is 8.37. The number of aryl methyl sites for hydroxylation is 1. The Morgan fingerprint density at radius 1 is 0.906 bits per heavy atom. The maximum absolute atomic E-state index is 6.50. The Labute approximate surface area is 194 Å². The van der Waals surface area contributed by atoms with Crippen molar-refractivity contribution in [2.75, 3.05) is 13.9 Å². The number of hydrogen-bond donors (Lipinski definition) is 0. The molecule has 0 radical (unpaired) electrons. The van der Waals surface area contributed by atoms with Crippen LogP contribution in [0.2, 0.25) is 0 Å². The van der Waals surface area contributed by atoms with E-state index in [1.807, 2.05) is 0 Å². The van der Waals surface area contributed by atoms with Crippen molar-refractivity contribution in [2.45, 2.75) is 104 Å². The Morgan fingerprint density at radius 2 is 1.50 bits per heavy atom. The van der Waals surface area contributed by atoms with E-state index in [2.05, 4.69) is 60.6 Å². The standard InChI is InChI=1S/C27H41BO4/c1-18-9-20(27-13-19-11-25(6,15-27)14-26(7,12-19)16-27)22(30-17-29-8)21(10-18)28-31-23(2,3)24(4,5)32-28/h9-10,19H,11-17H2,1-8H3/t19-,25+,26-,27-. The van der Waals surface area contributed by atoms with Crippen LogP contribution < -0.4 is 10.2 Å². The van der Waals surface area contributed by atoms with Crippen LogP contribution in [0.5, 0.6) is 5.75 Å². The van der Waals surface area contributed by atoms with E-state index in [0.717, 1.165) is 17.1 Å². The second-order valence-electron chi connectivity index (χ2n) is 13.3. The first kappa shape index (κ1) is 22.7. The van der Waals surface area contributed by atoms with Crippen molar-refractivity contribution >= 4 is 12.6 Å². The van der Waals surface area contributed by atoms with Gasteiger partial charge in [-0.3, -0.25) is 0 Å². The molecule has 1 heterocycles. The zero-order chi connectivity index (χ0) is 23.2. The van der Waals surface area contributed by atoms with Gasteiger partial charge in [-0.05, 0) is 89.9 Å². The minimum absolute atomic E-state index is 0.163. The molecule has 176 valence electrons. The summed E-state index contributed by atoms with van der Waals surface area (Å²) < 4.78 is 24.8. The summed E-state index contributed by atoms with van der Waals surface area (Å²) in [5.74, 6) is 1.75. The van der Waals surface area contributed by atoms with Crippen LogP contribution >= 0.6 is 0 Å². The van der Waals surface area contributed by atoms with E-state index < -0.39 is 7.12 Å². The van der Waals surface area contributed by atoms with Gasteiger partial charge in [0.1, 0.15) is 5.75 Å². The first-order valence-electron chi connectivity index (χ1n) is 12.4. The number of ether oxygens (including phenoxy) is 2. The van der Waals surface area contributed by atoms with Crippen LogP contribution in [0.25, 0.3) is 0 Å². The Morgan fingerprint density at radius 3 is 2.03 bits per heavy atom. The summed E-state index contributed by atoms with van der Waals surface area (Å²) >= 11 is 0. The van der Waals surface area contributed by atoms with Gasteiger partial charge >= 0.3 is 7.12 Å². The van der Waals surface area contributed by atoms with Gasteiger partial charge in [0.2, 0.25) is 0 Å². The lowest BCUT2D eigenvalue weighted by atomic mass is 9.39. The molecule has 6 rings (SSSR count). The highest BCUT2D eigenvalue weighted by Gasteiger charge is 2.61. The van der Waals surface area contributed by atoms with Gasteiger partial charge in [-0.25, -0.2) is 0 Å². The lowest BCUT2D eigenvalue weighted by Crippen LogP contribution is -2.57. The fourth-order valence-corrected chi connectivity index (χ4v) is 8.37. The van der Waals surface area contributed by atoms with Crippen LogP contribution in [-0.4, -0.2) is 32.2 Å². The molecule has 0 amide bonds. The van der Waals surface area contributed by atoms with Crippen LogP contribution in [0.15, 0.2) is 12.1 Å². The molecule has 5 fully saturated rings. The number of benzene rings is 1. The van der Waals surface area contributed by atoms with Gasteiger partial charge in [-0.15, -0.1) is 0 Å². The summed E-state index contributed by atoms with van der Waals surface area (Å²) in [5, 5.41) is 0. The van der Waals surface area contributed by atoms with Gasteiger partial charge in [0.25, 0.3) is 0 Å². The van der Waals surface area contributed by atoms with Gasteiger partial charge in [-0.1, -0.05) is 31.5 Å². The summed E-state index contributed by atoms with van der Waals surface area (Å²) in [5.41, 5.74) is 3.88. The Bertz CT molecular complexity index is 888. The Kier molecular flexibility index (Phi) is 4.97. The third-order valence-electron chi connectivity index (χ3n) is 9.29. The SMILES string of the molecule is COCOc1c(B2OC(C)(C)C(C)(C)O2)cc(C)cc1[C@@]12C[C@@H]3C[C@@](C)(C[C@@](C)(C3)C1)C2. The maximum atomic E-state index is 6.50. The van der Waals surface area contributed by atoms with Crippen molar-refractivity contribution in [3.8, 4) is 5.75 Å². The Hall–Kier alpha value is -1.04. The molecule has 5 heteroatoms. The number of methoxy groups -OCH3 is 1. The van der Waals surface area contributed by atoms with Crippen molar-refractivity contribution in [3.63, 3.8) is 0 Å². The molecule has 4 saturated carbocycles. The maximum Gasteiger partial charge on any atom is 0.498 e. The lowest BCUT2D eigenvalue weighted by molar-refractivity contribution is -0.110. The van der Waals surface area contributed by atoms with Gasteiger partial charge in [0.15, 0.2) is 6.79 Å². The van der Waals surface area contributed by atoms with E-state index in [1.54, 1.807) is 7.11 Å². The zero-order valence-electron chi connectivity index (χ0n) is 21.4. The summed E-state index contributed by atoms with van der Waals surface area (Å²) in [6.07, 6.45) is 7.91. The molecule has 4 bridgehead atoms. The quantitative estimate of drug-likeness (QED) is 0.446. The largest absolute Gasteiger partial charge is 0.498 e. The van der Waals surface area contributed by atoms with Gasteiger partial charge < -0.3 is 18.8 Å². The van der Waals surface area contributed by atoms with E-state index in [4.69, 9.17) is 18.8 Å². The van der Waals surface area contributed by atoms with Crippen molar-refractivity contribution in [2.24, 2.45) is 16.7 Å². The molecule has 0 N–H and O–H groups in total. The van der Waals surface area contributed by atoms with Crippen molar-refractivity contribution in [1.29, 1.82) is 0 Å². The summed E-state index contributed by atoms with van der Waals surface area (Å²) in [6.45, 7) is 15.9. The van der Waals surface area contributed by atoms with Crippen molar-refractivity contribution < 1.29 is 18.8 Å². The monoisotopic (exact) mass is 440 g/mol. The lowest BCUT2D eigenvalue weighted by Gasteiger charge is -2.65. The third kappa shape index (κ3) is 3.46. The molecular weight excluding hydrogens is 399 g/mol. The molecule has 5 aliphatic rings. The highest BCUT2D eigenvalue weighted by Crippen LogP contribution is 2.70. The van der Waals surface area contributed by atoms with Crippen molar-refractivity contribution in [3.05, 3.63) is 23.3 Å². The molecule has 1 saturated heterocycles. The van der Waals surface area contributed by atoms with Crippen LogP contribution in [0.1, 0.15) is 91.2 Å². The fraction of sp³-hybridized carbons (Fsp3) is 0.778. The highest BCUT2D eigenvalue weighted by molar-refractivity contribution is 6.63. The van der Waals surface area contributed by atoms with Gasteiger partial charge in [-0.2, -0.15) is 0 Å². The van der Waals surface area contributed by atoms with Gasteiger partial charge in [0, 0.05) is 23.6 Å². The normalized spacial score (nSPS) is 39.0. The molecule has 4 nitrogen and oxygen atoms in total. The van der Waals surface area contributed by atoms with Crippen LogP contribution in [0.4, 0.5) is 0 Å². The second-order valence-corrected chi connectivity index (χ2v) is 13.3. The molecule has 4 atom stereocenters. The van der Waals surface area contributed by atoms with E-state index in [9.17, 15) is 0 Å². The Balaban J connectivity index is 1.64. The average molecular weight is 440 g/mol. The zero-order valence-corrected chi connectivity index (χ0v) is 21.4. The molecule has 32 heavy (non-hydrogen) atoms. The molecular formula is C27H41BO4. The van der Waals surface area contributed by atoms with E-state index in [0.29, 0.717) is 10.8 Å². The van der Waals surface area contributed by atoms with E-state index >= 15 is 0 Å². The summed E-state index contributed by atoms with van der Waals surface area (Å²) in [6, 6.07) is 4.58. The van der Waals surface area contributed by atoms with Crippen LogP contribution in [0, 0.1) is 23.7 Å². The highest BCUT2D eigenvalue weighted by atomic mass is 16.7. The predicted octanol–water partition coefficient (Wildman–Crippen LogP) is 5.52. The number of rotatable bonds is 5. The topological polar surface area (TPSA) is 36.9 Å².